The van der Waals surface area contributed by atoms with E-state index in [1.54, 1.807) is 18.2 Å². The summed E-state index contributed by atoms with van der Waals surface area (Å²) in [7, 11) is 0. The van der Waals surface area contributed by atoms with Crippen LogP contribution in [0.15, 0.2) is 18.2 Å². The number of hydrogen-bond acceptors (Lipinski definition) is 6. The van der Waals surface area contributed by atoms with Gasteiger partial charge in [-0.15, -0.1) is 0 Å². The van der Waals surface area contributed by atoms with Gasteiger partial charge in [-0.25, -0.2) is 9.69 Å². The van der Waals surface area contributed by atoms with Gasteiger partial charge in [0.1, 0.15) is 19.0 Å². The summed E-state index contributed by atoms with van der Waals surface area (Å²) in [5, 5.41) is 0.559. The Morgan fingerprint density at radius 3 is 2.91 bits per heavy atom. The van der Waals surface area contributed by atoms with Gasteiger partial charge in [-0.2, -0.15) is 0 Å². The third-order valence-electron chi connectivity index (χ3n) is 3.66. The smallest absolute Gasteiger partial charge is 0.416 e. The van der Waals surface area contributed by atoms with Gasteiger partial charge in [0.05, 0.1) is 12.5 Å². The summed E-state index contributed by atoms with van der Waals surface area (Å²) in [6, 6.07) is 5.20. The number of benzene rings is 1. The van der Waals surface area contributed by atoms with E-state index in [0.29, 0.717) is 17.2 Å². The molecule has 2 aliphatic rings. The first-order chi connectivity index (χ1) is 11.0. The van der Waals surface area contributed by atoms with Gasteiger partial charge < -0.3 is 14.2 Å². The fourth-order valence-corrected chi connectivity index (χ4v) is 2.66. The van der Waals surface area contributed by atoms with Gasteiger partial charge in [0.25, 0.3) is 5.91 Å². The number of rotatable bonds is 3. The lowest BCUT2D eigenvalue weighted by Crippen LogP contribution is -2.37. The van der Waals surface area contributed by atoms with Gasteiger partial charge in [-0.05, 0) is 30.2 Å². The first-order valence-corrected chi connectivity index (χ1v) is 7.47. The van der Waals surface area contributed by atoms with Crippen LogP contribution in [0, 0.1) is 5.92 Å². The summed E-state index contributed by atoms with van der Waals surface area (Å²) in [6.45, 7) is 0.0143. The van der Waals surface area contributed by atoms with Crippen LogP contribution in [-0.4, -0.2) is 49.2 Å². The summed E-state index contributed by atoms with van der Waals surface area (Å²) in [6.07, 6.45) is -0.287. The second kappa shape index (κ2) is 6.45. The molecule has 3 rings (SSSR count). The van der Waals surface area contributed by atoms with Crippen LogP contribution in [0.2, 0.25) is 5.02 Å². The van der Waals surface area contributed by atoms with Gasteiger partial charge in [0.15, 0.2) is 6.61 Å². The van der Waals surface area contributed by atoms with E-state index in [1.165, 1.54) is 0 Å². The highest BCUT2D eigenvalue weighted by atomic mass is 35.5. The van der Waals surface area contributed by atoms with Crippen LogP contribution >= 0.6 is 11.6 Å². The van der Waals surface area contributed by atoms with Gasteiger partial charge in [0, 0.05) is 5.02 Å². The maximum absolute atomic E-state index is 12.1. The molecule has 1 aromatic carbocycles. The fourth-order valence-electron chi connectivity index (χ4n) is 2.46. The monoisotopic (exact) mass is 339 g/mol. The zero-order valence-corrected chi connectivity index (χ0v) is 12.9. The average molecular weight is 340 g/mol. The van der Waals surface area contributed by atoms with E-state index >= 15 is 0 Å². The van der Waals surface area contributed by atoms with Gasteiger partial charge in [0.2, 0.25) is 0 Å². The SMILES string of the molecule is O=C(OCC(=O)N1CCOC1=O)[C@@H]1COc2ccc(Cl)cc2C1. The summed E-state index contributed by atoms with van der Waals surface area (Å²) in [5.74, 6) is -0.966. The number of carbonyl (C=O) groups excluding carboxylic acids is 3. The van der Waals surface area contributed by atoms with E-state index in [9.17, 15) is 14.4 Å². The minimum Gasteiger partial charge on any atom is -0.492 e. The molecule has 8 heteroatoms. The molecule has 23 heavy (non-hydrogen) atoms. The number of ether oxygens (including phenoxy) is 3. The van der Waals surface area contributed by atoms with Crippen LogP contribution in [0.25, 0.3) is 0 Å². The van der Waals surface area contributed by atoms with Crippen molar-refractivity contribution in [2.75, 3.05) is 26.4 Å². The molecule has 0 unspecified atom stereocenters. The number of fused-ring (bicyclic) bond motifs is 1. The van der Waals surface area contributed by atoms with Crippen LogP contribution in [0.1, 0.15) is 5.56 Å². The van der Waals surface area contributed by atoms with E-state index < -0.39 is 30.5 Å². The summed E-state index contributed by atoms with van der Waals surface area (Å²) >= 11 is 5.93. The predicted octanol–water partition coefficient (Wildman–Crippen LogP) is 1.41. The second-order valence-electron chi connectivity index (χ2n) is 5.23. The summed E-state index contributed by atoms with van der Waals surface area (Å²) in [5.41, 5.74) is 0.820. The molecular weight excluding hydrogens is 326 g/mol. The topological polar surface area (TPSA) is 82.1 Å². The number of imide groups is 1. The van der Waals surface area contributed by atoms with Crippen molar-refractivity contribution in [3.05, 3.63) is 28.8 Å². The maximum Gasteiger partial charge on any atom is 0.416 e. The zero-order chi connectivity index (χ0) is 16.4. The van der Waals surface area contributed by atoms with Gasteiger partial charge in [-0.3, -0.25) is 9.59 Å². The lowest BCUT2D eigenvalue weighted by molar-refractivity contribution is -0.155. The summed E-state index contributed by atoms with van der Waals surface area (Å²) in [4.78, 5) is 36.0. The minimum absolute atomic E-state index is 0.159. The predicted molar refractivity (Wildman–Crippen MR) is 78.2 cm³/mol. The Morgan fingerprint density at radius 2 is 2.17 bits per heavy atom. The maximum atomic E-state index is 12.1. The Bertz CT molecular complexity index is 661. The molecule has 1 aromatic rings. The number of cyclic esters (lactones) is 1. The standard InChI is InChI=1S/C15H14ClNO6/c16-11-1-2-12-9(6-11)5-10(7-22-12)14(19)23-8-13(18)17-3-4-21-15(17)20/h1-2,6,10H,3-5,7-8H2/t10-/m0/s1. The van der Waals surface area contributed by atoms with Crippen molar-refractivity contribution >= 4 is 29.6 Å². The van der Waals surface area contributed by atoms with Crippen molar-refractivity contribution in [1.82, 2.24) is 4.90 Å². The fraction of sp³-hybridized carbons (Fsp3) is 0.400. The van der Waals surface area contributed by atoms with Crippen molar-refractivity contribution in [3.8, 4) is 5.75 Å². The van der Waals surface area contributed by atoms with E-state index in [-0.39, 0.29) is 19.8 Å². The Labute approximate surface area is 137 Å². The number of amides is 2. The molecule has 0 radical (unpaired) electrons. The zero-order valence-electron chi connectivity index (χ0n) is 12.1. The Hall–Kier alpha value is -2.28. The largest absolute Gasteiger partial charge is 0.492 e. The van der Waals surface area contributed by atoms with Crippen LogP contribution in [0.5, 0.6) is 5.75 Å². The molecule has 0 spiro atoms. The molecule has 0 N–H and O–H groups in total. The molecule has 122 valence electrons. The molecule has 2 heterocycles. The number of carbonyl (C=O) groups is 3. The molecule has 0 bridgehead atoms. The molecule has 1 atom stereocenters. The molecule has 0 aromatic heterocycles. The van der Waals surface area contributed by atoms with Gasteiger partial charge in [-0.1, -0.05) is 11.6 Å². The van der Waals surface area contributed by atoms with E-state index in [2.05, 4.69) is 4.74 Å². The Kier molecular flexibility index (Phi) is 4.38. The number of nitrogens with zero attached hydrogens (tertiary/aromatic N) is 1. The Morgan fingerprint density at radius 1 is 1.35 bits per heavy atom. The van der Waals surface area contributed by atoms with Crippen LogP contribution < -0.4 is 4.74 Å². The highest BCUT2D eigenvalue weighted by Crippen LogP contribution is 2.30. The van der Waals surface area contributed by atoms with Crippen LogP contribution in [0.3, 0.4) is 0 Å². The molecule has 0 saturated carbocycles. The average Bonchev–Trinajstić information content (AvgIpc) is 2.97. The molecule has 2 amide bonds. The van der Waals surface area contributed by atoms with Gasteiger partial charge >= 0.3 is 12.1 Å². The third kappa shape index (κ3) is 3.39. The summed E-state index contributed by atoms with van der Waals surface area (Å²) < 4.78 is 15.2. The second-order valence-corrected chi connectivity index (χ2v) is 5.67. The number of hydrogen-bond donors (Lipinski definition) is 0. The van der Waals surface area contributed by atoms with E-state index in [1.807, 2.05) is 0 Å². The highest BCUT2D eigenvalue weighted by molar-refractivity contribution is 6.30. The normalized spacial score (nSPS) is 19.6. The van der Waals surface area contributed by atoms with E-state index in [4.69, 9.17) is 21.1 Å². The first-order valence-electron chi connectivity index (χ1n) is 7.09. The highest BCUT2D eigenvalue weighted by Gasteiger charge is 2.31. The third-order valence-corrected chi connectivity index (χ3v) is 3.90. The molecule has 0 aliphatic carbocycles. The molecule has 1 saturated heterocycles. The van der Waals surface area contributed by atoms with Crippen molar-refractivity contribution in [3.63, 3.8) is 0 Å². The Balaban J connectivity index is 1.55. The quantitative estimate of drug-likeness (QED) is 0.774. The van der Waals surface area contributed by atoms with Crippen molar-refractivity contribution in [1.29, 1.82) is 0 Å². The molecule has 2 aliphatic heterocycles. The number of halogens is 1. The molecule has 7 nitrogen and oxygen atoms in total. The minimum atomic E-state index is -0.712. The van der Waals surface area contributed by atoms with Crippen LogP contribution in [-0.2, 0) is 25.5 Å². The molecule has 1 fully saturated rings. The van der Waals surface area contributed by atoms with Crippen molar-refractivity contribution < 1.29 is 28.6 Å². The van der Waals surface area contributed by atoms with Crippen molar-refractivity contribution in [2.45, 2.75) is 6.42 Å². The van der Waals surface area contributed by atoms with Crippen molar-refractivity contribution in [2.24, 2.45) is 5.92 Å². The molecular formula is C15H14ClNO6. The van der Waals surface area contributed by atoms with Crippen LogP contribution in [0.4, 0.5) is 4.79 Å². The first kappa shape index (κ1) is 15.6. The lowest BCUT2D eigenvalue weighted by atomic mass is 9.97. The van der Waals surface area contributed by atoms with E-state index in [0.717, 1.165) is 10.5 Å². The number of esters is 1. The lowest BCUT2D eigenvalue weighted by Gasteiger charge is -2.24.